The van der Waals surface area contributed by atoms with E-state index >= 15 is 0 Å². The van der Waals surface area contributed by atoms with E-state index in [1.807, 2.05) is 10.8 Å². The van der Waals surface area contributed by atoms with Gasteiger partial charge in [0, 0.05) is 31.5 Å². The van der Waals surface area contributed by atoms with Crippen LogP contribution in [-0.4, -0.2) is 36.1 Å². The van der Waals surface area contributed by atoms with E-state index in [-0.39, 0.29) is 17.3 Å². The Balaban J connectivity index is 1.69. The molecule has 0 saturated heterocycles. The van der Waals surface area contributed by atoms with Crippen molar-refractivity contribution in [2.75, 3.05) is 17.2 Å². The van der Waals surface area contributed by atoms with Gasteiger partial charge in [-0.1, -0.05) is 5.16 Å². The maximum atomic E-state index is 11.4. The molecule has 3 aromatic heterocycles. The first-order valence-electron chi connectivity index (χ1n) is 7.53. The van der Waals surface area contributed by atoms with Crippen LogP contribution in [-0.2, 0) is 6.54 Å². The van der Waals surface area contributed by atoms with Gasteiger partial charge < -0.3 is 19.7 Å². The fraction of sp³-hybridized carbons (Fsp3) is 0.286. The number of rotatable bonds is 8. The Hall–Kier alpha value is -3.50. The number of nitrogens with zero attached hydrogens (tertiary/aromatic N) is 6. The molecule has 0 unspecified atom stereocenters. The SMILES string of the molecule is Cc1cc(Nc2ncnc(NCCCn3ccnc3)c2[N+](=O)[O-])no1. The topological polar surface area (TPSA) is 137 Å². The van der Waals surface area contributed by atoms with Crippen molar-refractivity contribution in [3.8, 4) is 0 Å². The van der Waals surface area contributed by atoms with Crippen LogP contribution in [0.5, 0.6) is 0 Å². The van der Waals surface area contributed by atoms with Gasteiger partial charge in [-0.2, -0.15) is 0 Å². The summed E-state index contributed by atoms with van der Waals surface area (Å²) >= 11 is 0. The molecule has 2 N–H and O–H groups in total. The Morgan fingerprint density at radius 2 is 2.20 bits per heavy atom. The third-order valence-corrected chi connectivity index (χ3v) is 3.32. The monoisotopic (exact) mass is 344 g/mol. The first-order chi connectivity index (χ1) is 12.1. The lowest BCUT2D eigenvalue weighted by atomic mass is 10.3. The van der Waals surface area contributed by atoms with Gasteiger partial charge in [-0.05, 0) is 13.3 Å². The third kappa shape index (κ3) is 4.07. The number of nitro groups is 1. The van der Waals surface area contributed by atoms with Crippen LogP contribution < -0.4 is 10.6 Å². The summed E-state index contributed by atoms with van der Waals surface area (Å²) in [5.74, 6) is 1.11. The minimum Gasteiger partial charge on any atom is -0.364 e. The van der Waals surface area contributed by atoms with Crippen molar-refractivity contribution in [2.24, 2.45) is 0 Å². The molecule has 0 aliphatic carbocycles. The average Bonchev–Trinajstić information content (AvgIpc) is 3.23. The Labute approximate surface area is 142 Å². The average molecular weight is 344 g/mol. The molecule has 0 bridgehead atoms. The van der Waals surface area contributed by atoms with Crippen molar-refractivity contribution < 1.29 is 9.45 Å². The Morgan fingerprint density at radius 1 is 1.36 bits per heavy atom. The van der Waals surface area contributed by atoms with Gasteiger partial charge in [-0.15, -0.1) is 0 Å². The fourth-order valence-electron chi connectivity index (χ4n) is 2.21. The fourth-order valence-corrected chi connectivity index (χ4v) is 2.21. The van der Waals surface area contributed by atoms with Gasteiger partial charge in [0.15, 0.2) is 5.82 Å². The van der Waals surface area contributed by atoms with E-state index in [2.05, 4.69) is 30.7 Å². The third-order valence-electron chi connectivity index (χ3n) is 3.32. The molecule has 0 fully saturated rings. The molecule has 11 heteroatoms. The summed E-state index contributed by atoms with van der Waals surface area (Å²) < 4.78 is 6.86. The molecule has 0 spiro atoms. The molecule has 0 radical (unpaired) electrons. The Morgan fingerprint density at radius 3 is 2.88 bits per heavy atom. The summed E-state index contributed by atoms with van der Waals surface area (Å²) in [7, 11) is 0. The predicted octanol–water partition coefficient (Wildman–Crippen LogP) is 2.12. The number of aryl methyl sites for hydroxylation is 2. The lowest BCUT2D eigenvalue weighted by Crippen LogP contribution is -2.10. The number of imidazole rings is 1. The van der Waals surface area contributed by atoms with Gasteiger partial charge in [-0.25, -0.2) is 15.0 Å². The predicted molar refractivity (Wildman–Crippen MR) is 88.5 cm³/mol. The van der Waals surface area contributed by atoms with Gasteiger partial charge >= 0.3 is 5.69 Å². The maximum Gasteiger partial charge on any atom is 0.353 e. The van der Waals surface area contributed by atoms with E-state index in [1.54, 1.807) is 25.5 Å². The van der Waals surface area contributed by atoms with Gasteiger partial charge in [-0.3, -0.25) is 10.1 Å². The van der Waals surface area contributed by atoms with Crippen molar-refractivity contribution in [3.05, 3.63) is 47.0 Å². The van der Waals surface area contributed by atoms with E-state index in [1.165, 1.54) is 6.33 Å². The molecule has 0 saturated carbocycles. The van der Waals surface area contributed by atoms with E-state index in [4.69, 9.17) is 4.52 Å². The van der Waals surface area contributed by atoms with E-state index in [0.717, 1.165) is 13.0 Å². The van der Waals surface area contributed by atoms with Crippen LogP contribution in [0.25, 0.3) is 0 Å². The minimum absolute atomic E-state index is 0.0467. The molecule has 0 atom stereocenters. The van der Waals surface area contributed by atoms with Crippen LogP contribution >= 0.6 is 0 Å². The number of hydrogen-bond donors (Lipinski definition) is 2. The van der Waals surface area contributed by atoms with E-state index in [0.29, 0.717) is 18.1 Å². The second kappa shape index (κ2) is 7.38. The normalized spacial score (nSPS) is 10.6. The quantitative estimate of drug-likeness (QED) is 0.357. The molecule has 11 nitrogen and oxygen atoms in total. The van der Waals surface area contributed by atoms with Crippen LogP contribution in [0.3, 0.4) is 0 Å². The van der Waals surface area contributed by atoms with E-state index < -0.39 is 4.92 Å². The second-order valence-electron chi connectivity index (χ2n) is 5.21. The van der Waals surface area contributed by atoms with Gasteiger partial charge in [0.05, 0.1) is 11.3 Å². The number of nitrogens with one attached hydrogen (secondary N) is 2. The van der Waals surface area contributed by atoms with Crippen LogP contribution in [0, 0.1) is 17.0 Å². The van der Waals surface area contributed by atoms with Crippen molar-refractivity contribution in [2.45, 2.75) is 19.9 Å². The standard InChI is InChI=1S/C14H16N8O3/c1-10-7-11(20-25-10)19-14-12(22(23)24)13(17-8-18-14)16-3-2-5-21-6-4-15-9-21/h4,6-9H,2-3,5H2,1H3,(H2,16,17,18,19,20). The van der Waals surface area contributed by atoms with Crippen LogP contribution in [0.4, 0.5) is 23.1 Å². The largest absolute Gasteiger partial charge is 0.364 e. The summed E-state index contributed by atoms with van der Waals surface area (Å²) in [6, 6.07) is 1.62. The zero-order valence-corrected chi connectivity index (χ0v) is 13.4. The summed E-state index contributed by atoms with van der Waals surface area (Å²) in [6.07, 6.45) is 7.28. The maximum absolute atomic E-state index is 11.4. The van der Waals surface area contributed by atoms with Gasteiger partial charge in [0.2, 0.25) is 11.6 Å². The first-order valence-corrected chi connectivity index (χ1v) is 7.53. The lowest BCUT2D eigenvalue weighted by molar-refractivity contribution is -0.383. The highest BCUT2D eigenvalue weighted by molar-refractivity contribution is 5.72. The smallest absolute Gasteiger partial charge is 0.353 e. The van der Waals surface area contributed by atoms with Gasteiger partial charge in [0.25, 0.3) is 0 Å². The Kier molecular flexibility index (Phi) is 4.83. The summed E-state index contributed by atoms with van der Waals surface area (Å²) in [6.45, 7) is 2.98. The summed E-state index contributed by atoms with van der Waals surface area (Å²) in [4.78, 5) is 22.8. The molecular formula is C14H16N8O3. The molecular weight excluding hydrogens is 328 g/mol. The van der Waals surface area contributed by atoms with Crippen LogP contribution in [0.2, 0.25) is 0 Å². The molecule has 130 valence electrons. The highest BCUT2D eigenvalue weighted by atomic mass is 16.6. The second-order valence-corrected chi connectivity index (χ2v) is 5.21. The van der Waals surface area contributed by atoms with Crippen molar-refractivity contribution in [3.63, 3.8) is 0 Å². The molecule has 25 heavy (non-hydrogen) atoms. The molecule has 0 amide bonds. The minimum atomic E-state index is -0.534. The van der Waals surface area contributed by atoms with Crippen molar-refractivity contribution >= 4 is 23.1 Å². The number of aromatic nitrogens is 5. The van der Waals surface area contributed by atoms with Gasteiger partial charge in [0.1, 0.15) is 12.1 Å². The molecule has 3 heterocycles. The van der Waals surface area contributed by atoms with Crippen molar-refractivity contribution in [1.29, 1.82) is 0 Å². The molecule has 3 aromatic rings. The van der Waals surface area contributed by atoms with Crippen molar-refractivity contribution in [1.82, 2.24) is 24.7 Å². The van der Waals surface area contributed by atoms with Crippen LogP contribution in [0.15, 0.2) is 35.6 Å². The highest BCUT2D eigenvalue weighted by Gasteiger charge is 2.23. The van der Waals surface area contributed by atoms with E-state index in [9.17, 15) is 10.1 Å². The molecule has 0 aliphatic rings. The summed E-state index contributed by atoms with van der Waals surface area (Å²) in [5.41, 5.74) is -0.245. The van der Waals surface area contributed by atoms with Crippen LogP contribution in [0.1, 0.15) is 12.2 Å². The molecule has 0 aliphatic heterocycles. The Bertz CT molecular complexity index is 846. The zero-order valence-electron chi connectivity index (χ0n) is 13.4. The zero-order chi connectivity index (χ0) is 17.6. The first kappa shape index (κ1) is 16.4. The lowest BCUT2D eigenvalue weighted by Gasteiger charge is -2.09. The molecule has 3 rings (SSSR count). The molecule has 0 aromatic carbocycles. The summed E-state index contributed by atoms with van der Waals surface area (Å²) in [5, 5.41) is 20.9. The number of anilines is 3. The highest BCUT2D eigenvalue weighted by Crippen LogP contribution is 2.30. The number of hydrogen-bond acceptors (Lipinski definition) is 9.